The van der Waals surface area contributed by atoms with Gasteiger partial charge in [0, 0.05) is 30.4 Å². The normalized spacial score (nSPS) is 15.5. The second-order valence-electron chi connectivity index (χ2n) is 7.33. The lowest BCUT2D eigenvalue weighted by Crippen LogP contribution is -2.40. The van der Waals surface area contributed by atoms with Crippen molar-refractivity contribution in [2.45, 2.75) is 24.7 Å². The van der Waals surface area contributed by atoms with Crippen molar-refractivity contribution < 1.29 is 13.2 Å². The van der Waals surface area contributed by atoms with Crippen molar-refractivity contribution in [1.29, 1.82) is 5.26 Å². The van der Waals surface area contributed by atoms with E-state index in [9.17, 15) is 18.5 Å². The summed E-state index contributed by atoms with van der Waals surface area (Å²) in [5.41, 5.74) is 1.77. The molecule has 0 bridgehead atoms. The number of H-pyrrole nitrogens is 1. The molecule has 1 aromatic carbocycles. The van der Waals surface area contributed by atoms with Crippen LogP contribution in [0.15, 0.2) is 40.2 Å². The maximum absolute atomic E-state index is 13.0. The molecule has 1 N–H and O–H groups in total. The lowest BCUT2D eigenvalue weighted by Gasteiger charge is -2.26. The SMILES string of the molecule is CC(C)c1c(-c2ccc(S(=O)(=O)N3CCOCC3)cc2)nc2c(C#N)c[nH]n2c1=O. The highest BCUT2D eigenvalue weighted by molar-refractivity contribution is 7.89. The van der Waals surface area contributed by atoms with Gasteiger partial charge < -0.3 is 4.74 Å². The van der Waals surface area contributed by atoms with Gasteiger partial charge >= 0.3 is 0 Å². The summed E-state index contributed by atoms with van der Waals surface area (Å²) in [7, 11) is -3.61. The van der Waals surface area contributed by atoms with Crippen molar-refractivity contribution in [3.05, 3.63) is 51.9 Å². The van der Waals surface area contributed by atoms with Crippen LogP contribution in [-0.4, -0.2) is 53.6 Å². The monoisotopic (exact) mass is 427 g/mol. The molecule has 30 heavy (non-hydrogen) atoms. The molecule has 1 aliphatic heterocycles. The highest BCUT2D eigenvalue weighted by Gasteiger charge is 2.27. The first-order valence-corrected chi connectivity index (χ1v) is 11.0. The molecule has 0 unspecified atom stereocenters. The third-order valence-electron chi connectivity index (χ3n) is 5.13. The lowest BCUT2D eigenvalue weighted by atomic mass is 9.98. The van der Waals surface area contributed by atoms with E-state index in [2.05, 4.69) is 10.1 Å². The predicted molar refractivity (Wildman–Crippen MR) is 110 cm³/mol. The number of aromatic nitrogens is 3. The summed E-state index contributed by atoms with van der Waals surface area (Å²) in [5.74, 6) is -0.123. The number of ether oxygens (including phenoxy) is 1. The number of sulfonamides is 1. The average molecular weight is 427 g/mol. The van der Waals surface area contributed by atoms with Crippen LogP contribution in [0, 0.1) is 11.3 Å². The minimum atomic E-state index is -3.61. The zero-order valence-corrected chi connectivity index (χ0v) is 17.4. The van der Waals surface area contributed by atoms with Crippen LogP contribution in [0.1, 0.15) is 30.9 Å². The van der Waals surface area contributed by atoms with Crippen LogP contribution in [0.4, 0.5) is 0 Å². The summed E-state index contributed by atoms with van der Waals surface area (Å²) in [4.78, 5) is 17.7. The van der Waals surface area contributed by atoms with Crippen LogP contribution >= 0.6 is 0 Å². The Balaban J connectivity index is 1.82. The van der Waals surface area contributed by atoms with Crippen molar-refractivity contribution in [1.82, 2.24) is 18.9 Å². The van der Waals surface area contributed by atoms with Crippen LogP contribution < -0.4 is 5.56 Å². The molecule has 0 aliphatic carbocycles. The Morgan fingerprint density at radius 1 is 1.20 bits per heavy atom. The Kier molecular flexibility index (Phi) is 5.19. The smallest absolute Gasteiger partial charge is 0.276 e. The number of nitriles is 1. The van der Waals surface area contributed by atoms with Gasteiger partial charge in [0.25, 0.3) is 5.56 Å². The standard InChI is InChI=1S/C20H21N5O4S/c1-13(2)17-18(23-19-15(11-21)12-22-25(19)20(17)26)14-3-5-16(6-4-14)30(27,28)24-7-9-29-10-8-24/h3-6,12-13,22H,7-10H2,1-2H3. The van der Waals surface area contributed by atoms with Crippen LogP contribution in [-0.2, 0) is 14.8 Å². The van der Waals surface area contributed by atoms with E-state index in [1.54, 1.807) is 12.1 Å². The first-order valence-electron chi connectivity index (χ1n) is 9.57. The van der Waals surface area contributed by atoms with E-state index in [1.165, 1.54) is 27.2 Å². The van der Waals surface area contributed by atoms with Crippen molar-refractivity contribution in [2.24, 2.45) is 0 Å². The molecule has 0 spiro atoms. The number of hydrogen-bond donors (Lipinski definition) is 1. The van der Waals surface area contributed by atoms with E-state index in [0.29, 0.717) is 43.1 Å². The molecule has 0 saturated carbocycles. The topological polar surface area (TPSA) is 121 Å². The van der Waals surface area contributed by atoms with Crippen LogP contribution in [0.3, 0.4) is 0 Å². The first kappa shape index (κ1) is 20.3. The van der Waals surface area contributed by atoms with Crippen LogP contribution in [0.5, 0.6) is 0 Å². The molecule has 10 heteroatoms. The maximum Gasteiger partial charge on any atom is 0.276 e. The number of aromatic amines is 1. The van der Waals surface area contributed by atoms with E-state index >= 15 is 0 Å². The predicted octanol–water partition coefficient (Wildman–Crippen LogP) is 1.71. The van der Waals surface area contributed by atoms with Crippen molar-refractivity contribution in [3.63, 3.8) is 0 Å². The largest absolute Gasteiger partial charge is 0.379 e. The molecular weight excluding hydrogens is 406 g/mol. The van der Waals surface area contributed by atoms with Gasteiger partial charge in [0.15, 0.2) is 5.65 Å². The molecule has 2 aromatic heterocycles. The number of nitrogens with one attached hydrogen (secondary N) is 1. The second kappa shape index (κ2) is 7.68. The number of fused-ring (bicyclic) bond motifs is 1. The fourth-order valence-corrected chi connectivity index (χ4v) is 4.98. The molecule has 1 saturated heterocycles. The van der Waals surface area contributed by atoms with E-state index in [1.807, 2.05) is 19.9 Å². The Labute approximate surface area is 173 Å². The molecule has 4 rings (SSSR count). The second-order valence-corrected chi connectivity index (χ2v) is 9.27. The Hall–Kier alpha value is -3.00. The third kappa shape index (κ3) is 3.31. The van der Waals surface area contributed by atoms with Gasteiger partial charge in [-0.15, -0.1) is 0 Å². The van der Waals surface area contributed by atoms with Gasteiger partial charge in [0.2, 0.25) is 10.0 Å². The fraction of sp³-hybridized carbons (Fsp3) is 0.350. The molecule has 0 amide bonds. The van der Waals surface area contributed by atoms with Crippen molar-refractivity contribution >= 4 is 15.7 Å². The van der Waals surface area contributed by atoms with Gasteiger partial charge in [-0.2, -0.15) is 9.57 Å². The number of morpholine rings is 1. The van der Waals surface area contributed by atoms with Gasteiger partial charge in [-0.3, -0.25) is 9.89 Å². The highest BCUT2D eigenvalue weighted by Crippen LogP contribution is 2.28. The number of nitrogens with zero attached hydrogens (tertiary/aromatic N) is 4. The number of hydrogen-bond acceptors (Lipinski definition) is 6. The van der Waals surface area contributed by atoms with E-state index in [-0.39, 0.29) is 27.6 Å². The van der Waals surface area contributed by atoms with Gasteiger partial charge in [0.1, 0.15) is 11.6 Å². The molecule has 9 nitrogen and oxygen atoms in total. The average Bonchev–Trinajstić information content (AvgIpc) is 3.17. The van der Waals surface area contributed by atoms with Crippen LogP contribution in [0.2, 0.25) is 0 Å². The zero-order valence-electron chi connectivity index (χ0n) is 16.6. The Morgan fingerprint density at radius 3 is 2.47 bits per heavy atom. The zero-order chi connectivity index (χ0) is 21.5. The lowest BCUT2D eigenvalue weighted by molar-refractivity contribution is 0.0730. The molecule has 3 heterocycles. The Morgan fingerprint density at radius 2 is 1.87 bits per heavy atom. The molecule has 1 aliphatic rings. The minimum Gasteiger partial charge on any atom is -0.379 e. The summed E-state index contributed by atoms with van der Waals surface area (Å²) >= 11 is 0. The summed E-state index contributed by atoms with van der Waals surface area (Å²) in [6.07, 6.45) is 1.44. The summed E-state index contributed by atoms with van der Waals surface area (Å²) in [6.45, 7) is 5.17. The maximum atomic E-state index is 13.0. The van der Waals surface area contributed by atoms with Gasteiger partial charge in [0.05, 0.1) is 23.8 Å². The molecule has 0 atom stereocenters. The van der Waals surface area contributed by atoms with Gasteiger partial charge in [-0.05, 0) is 18.1 Å². The van der Waals surface area contributed by atoms with E-state index < -0.39 is 10.0 Å². The number of rotatable bonds is 4. The van der Waals surface area contributed by atoms with E-state index in [0.717, 1.165) is 0 Å². The first-order chi connectivity index (χ1) is 14.3. The summed E-state index contributed by atoms with van der Waals surface area (Å²) in [6, 6.07) is 8.37. The summed E-state index contributed by atoms with van der Waals surface area (Å²) in [5, 5.41) is 12.1. The third-order valence-corrected chi connectivity index (χ3v) is 7.04. The quantitative estimate of drug-likeness (QED) is 0.677. The van der Waals surface area contributed by atoms with Gasteiger partial charge in [-0.1, -0.05) is 26.0 Å². The van der Waals surface area contributed by atoms with Crippen LogP contribution in [0.25, 0.3) is 16.9 Å². The minimum absolute atomic E-state index is 0.123. The molecule has 3 aromatic rings. The number of benzene rings is 1. The van der Waals surface area contributed by atoms with Crippen molar-refractivity contribution in [2.75, 3.05) is 26.3 Å². The Bertz CT molecular complexity index is 1290. The van der Waals surface area contributed by atoms with Crippen molar-refractivity contribution in [3.8, 4) is 17.3 Å². The molecular formula is C20H21N5O4S. The molecule has 1 fully saturated rings. The van der Waals surface area contributed by atoms with E-state index in [4.69, 9.17) is 4.74 Å². The highest BCUT2D eigenvalue weighted by atomic mass is 32.2. The van der Waals surface area contributed by atoms with Gasteiger partial charge in [-0.25, -0.2) is 17.9 Å². The molecule has 0 radical (unpaired) electrons. The fourth-order valence-electron chi connectivity index (χ4n) is 3.57. The molecule has 156 valence electrons. The summed E-state index contributed by atoms with van der Waals surface area (Å²) < 4.78 is 33.6.